The van der Waals surface area contributed by atoms with Gasteiger partial charge in [-0.1, -0.05) is 12.1 Å². The number of rotatable bonds is 7. The minimum absolute atomic E-state index is 0.0673. The van der Waals surface area contributed by atoms with Crippen molar-refractivity contribution >= 4 is 15.9 Å². The molecule has 0 aromatic heterocycles. The first-order chi connectivity index (χ1) is 14.2. The molecule has 0 bridgehead atoms. The topological polar surface area (TPSA) is 75.7 Å². The Morgan fingerprint density at radius 1 is 0.968 bits per heavy atom. The summed E-state index contributed by atoms with van der Waals surface area (Å²) < 4.78 is 104. The van der Waals surface area contributed by atoms with Crippen LogP contribution in [0.15, 0.2) is 53.4 Å². The van der Waals surface area contributed by atoms with Gasteiger partial charge in [-0.25, -0.2) is 13.1 Å². The molecule has 13 heteroatoms. The van der Waals surface area contributed by atoms with Gasteiger partial charge in [0.15, 0.2) is 0 Å². The first kappa shape index (κ1) is 24.5. The van der Waals surface area contributed by atoms with Crippen molar-refractivity contribution in [2.75, 3.05) is 13.6 Å². The number of hydrogen-bond acceptors (Lipinski definition) is 4. The number of alkyl halides is 6. The quantitative estimate of drug-likeness (QED) is 0.629. The molecule has 0 radical (unpaired) electrons. The van der Waals surface area contributed by atoms with E-state index < -0.39 is 46.3 Å². The molecular formula is C18H16F6N2O4S. The number of likely N-dealkylation sites (N-methyl/N-ethyl adjacent to an activating group) is 1. The van der Waals surface area contributed by atoms with Crippen LogP contribution in [-0.2, 0) is 27.5 Å². The Bertz CT molecular complexity index is 1000. The molecule has 2 rings (SSSR count). The molecule has 31 heavy (non-hydrogen) atoms. The highest BCUT2D eigenvalue weighted by Crippen LogP contribution is 2.29. The van der Waals surface area contributed by atoms with E-state index in [9.17, 15) is 39.6 Å². The van der Waals surface area contributed by atoms with Crippen LogP contribution < -0.4 is 9.46 Å². The van der Waals surface area contributed by atoms with Gasteiger partial charge in [0.1, 0.15) is 5.75 Å². The van der Waals surface area contributed by atoms with Gasteiger partial charge in [-0.3, -0.25) is 4.79 Å². The Balaban J connectivity index is 1.94. The second-order valence-electron chi connectivity index (χ2n) is 6.29. The van der Waals surface area contributed by atoms with Gasteiger partial charge in [-0.15, -0.1) is 13.2 Å². The van der Waals surface area contributed by atoms with Crippen molar-refractivity contribution in [1.29, 1.82) is 0 Å². The third-order valence-electron chi connectivity index (χ3n) is 3.91. The highest BCUT2D eigenvalue weighted by atomic mass is 32.2. The number of halogens is 6. The summed E-state index contributed by atoms with van der Waals surface area (Å²) in [4.78, 5) is 12.9. The first-order valence-corrected chi connectivity index (χ1v) is 9.91. The average Bonchev–Trinajstić information content (AvgIpc) is 2.65. The maximum atomic E-state index is 12.6. The predicted octanol–water partition coefficient (Wildman–Crippen LogP) is 3.54. The molecular weight excluding hydrogens is 454 g/mol. The van der Waals surface area contributed by atoms with Crippen molar-refractivity contribution in [2.24, 2.45) is 0 Å². The molecule has 170 valence electrons. The predicted molar refractivity (Wildman–Crippen MR) is 96.2 cm³/mol. The van der Waals surface area contributed by atoms with Crippen molar-refractivity contribution < 1.29 is 44.3 Å². The molecule has 1 N–H and O–H groups in total. The number of hydrogen-bond donors (Lipinski definition) is 1. The number of carbonyl (C=O) groups is 1. The van der Waals surface area contributed by atoms with E-state index in [2.05, 4.69) is 4.74 Å². The normalized spacial score (nSPS) is 12.5. The van der Waals surface area contributed by atoms with E-state index in [0.29, 0.717) is 5.56 Å². The van der Waals surface area contributed by atoms with Crippen LogP contribution in [0.1, 0.15) is 11.1 Å². The Labute approximate surface area is 173 Å². The van der Waals surface area contributed by atoms with Crippen LogP contribution in [0.3, 0.4) is 0 Å². The summed E-state index contributed by atoms with van der Waals surface area (Å²) in [6.45, 7) is -0.734. The average molecular weight is 470 g/mol. The molecule has 0 fully saturated rings. The van der Waals surface area contributed by atoms with Crippen LogP contribution in [0.25, 0.3) is 0 Å². The maximum absolute atomic E-state index is 12.6. The molecule has 2 aromatic carbocycles. The lowest BCUT2D eigenvalue weighted by Gasteiger charge is -2.18. The molecule has 0 heterocycles. The standard InChI is InChI=1S/C18H16F6N2O4S/c1-26(11-12-2-4-13(5-3-12)17(19,20)21)16(27)10-25-31(28,29)15-8-6-14(7-9-15)30-18(22,23)24/h2-9,25H,10-11H2,1H3. The third-order valence-corrected chi connectivity index (χ3v) is 5.32. The zero-order chi connectivity index (χ0) is 23.4. The van der Waals surface area contributed by atoms with Crippen LogP contribution >= 0.6 is 0 Å². The fourth-order valence-corrected chi connectivity index (χ4v) is 3.33. The van der Waals surface area contributed by atoms with E-state index in [1.165, 1.54) is 19.2 Å². The molecule has 6 nitrogen and oxygen atoms in total. The summed E-state index contributed by atoms with van der Waals surface area (Å²) in [5, 5.41) is 0. The number of sulfonamides is 1. The molecule has 2 aromatic rings. The maximum Gasteiger partial charge on any atom is 0.573 e. The Hall–Kier alpha value is -2.80. The fraction of sp³-hybridized carbons (Fsp3) is 0.278. The summed E-state index contributed by atoms with van der Waals surface area (Å²) >= 11 is 0. The van der Waals surface area contributed by atoms with E-state index in [1.807, 2.05) is 4.72 Å². The number of amides is 1. The largest absolute Gasteiger partial charge is 0.573 e. The van der Waals surface area contributed by atoms with Gasteiger partial charge in [-0.05, 0) is 42.0 Å². The Kier molecular flexibility index (Phi) is 7.21. The van der Waals surface area contributed by atoms with Crippen LogP contribution in [-0.4, -0.2) is 39.2 Å². The van der Waals surface area contributed by atoms with Crippen molar-refractivity contribution in [3.8, 4) is 5.75 Å². The number of carbonyl (C=O) groups excluding carboxylic acids is 1. The zero-order valence-electron chi connectivity index (χ0n) is 15.8. The van der Waals surface area contributed by atoms with Gasteiger partial charge in [0.25, 0.3) is 0 Å². The lowest BCUT2D eigenvalue weighted by atomic mass is 10.1. The van der Waals surface area contributed by atoms with Crippen LogP contribution in [0.5, 0.6) is 5.75 Å². The molecule has 0 aliphatic rings. The van der Waals surface area contributed by atoms with Crippen molar-refractivity contribution in [3.63, 3.8) is 0 Å². The van der Waals surface area contributed by atoms with Gasteiger partial charge >= 0.3 is 12.5 Å². The highest BCUT2D eigenvalue weighted by Gasteiger charge is 2.31. The molecule has 0 unspecified atom stereocenters. The molecule has 0 atom stereocenters. The molecule has 0 spiro atoms. The number of benzene rings is 2. The minimum Gasteiger partial charge on any atom is -0.406 e. The molecule has 0 saturated carbocycles. The third kappa shape index (κ3) is 7.43. The highest BCUT2D eigenvalue weighted by molar-refractivity contribution is 7.89. The van der Waals surface area contributed by atoms with Crippen molar-refractivity contribution in [3.05, 3.63) is 59.7 Å². The van der Waals surface area contributed by atoms with E-state index in [0.717, 1.165) is 41.3 Å². The van der Waals surface area contributed by atoms with E-state index >= 15 is 0 Å². The Morgan fingerprint density at radius 2 is 1.52 bits per heavy atom. The van der Waals surface area contributed by atoms with Gasteiger partial charge in [0.05, 0.1) is 17.0 Å². The molecule has 0 saturated heterocycles. The number of nitrogens with zero attached hydrogens (tertiary/aromatic N) is 1. The SMILES string of the molecule is CN(Cc1ccc(C(F)(F)F)cc1)C(=O)CNS(=O)(=O)c1ccc(OC(F)(F)F)cc1. The lowest BCUT2D eigenvalue weighted by molar-refractivity contribution is -0.274. The van der Waals surface area contributed by atoms with Crippen molar-refractivity contribution in [1.82, 2.24) is 9.62 Å². The van der Waals surface area contributed by atoms with Crippen molar-refractivity contribution in [2.45, 2.75) is 24.0 Å². The first-order valence-electron chi connectivity index (χ1n) is 8.43. The summed E-state index contributed by atoms with van der Waals surface area (Å²) in [5.74, 6) is -1.29. The van der Waals surface area contributed by atoms with E-state index in [-0.39, 0.29) is 11.4 Å². The minimum atomic E-state index is -4.93. The van der Waals surface area contributed by atoms with Gasteiger partial charge < -0.3 is 9.64 Å². The number of nitrogens with one attached hydrogen (secondary N) is 1. The number of ether oxygens (including phenoxy) is 1. The Morgan fingerprint density at radius 3 is 2.00 bits per heavy atom. The smallest absolute Gasteiger partial charge is 0.406 e. The van der Waals surface area contributed by atoms with E-state index in [1.54, 1.807) is 0 Å². The summed E-state index contributed by atoms with van der Waals surface area (Å²) in [6, 6.07) is 7.48. The van der Waals surface area contributed by atoms with Crippen LogP contribution in [0, 0.1) is 0 Å². The summed E-state index contributed by atoms with van der Waals surface area (Å²) in [7, 11) is -2.87. The summed E-state index contributed by atoms with van der Waals surface area (Å²) in [6.07, 6.45) is -9.42. The summed E-state index contributed by atoms with van der Waals surface area (Å²) in [5.41, 5.74) is -0.448. The van der Waals surface area contributed by atoms with Crippen LogP contribution in [0.4, 0.5) is 26.3 Å². The van der Waals surface area contributed by atoms with Gasteiger partial charge in [0, 0.05) is 13.6 Å². The zero-order valence-corrected chi connectivity index (χ0v) is 16.6. The molecule has 0 aliphatic heterocycles. The lowest BCUT2D eigenvalue weighted by Crippen LogP contribution is -2.37. The molecule has 1 amide bonds. The molecule has 0 aliphatic carbocycles. The monoisotopic (exact) mass is 470 g/mol. The van der Waals surface area contributed by atoms with Crippen LogP contribution in [0.2, 0.25) is 0 Å². The van der Waals surface area contributed by atoms with Gasteiger partial charge in [0.2, 0.25) is 15.9 Å². The van der Waals surface area contributed by atoms with Gasteiger partial charge in [-0.2, -0.15) is 13.2 Å². The second kappa shape index (κ2) is 9.14. The van der Waals surface area contributed by atoms with E-state index in [4.69, 9.17) is 0 Å². The fourth-order valence-electron chi connectivity index (χ4n) is 2.36. The second-order valence-corrected chi connectivity index (χ2v) is 8.06.